The second kappa shape index (κ2) is 22.7. The molecule has 0 N–H and O–H groups in total. The fourth-order valence-corrected chi connectivity index (χ4v) is 2.91. The summed E-state index contributed by atoms with van der Waals surface area (Å²) in [5, 5.41) is -0.192. The standard InChI is InChI=1S/C18H33ClO.C4H8O2/c1-2-3-4-5-6-7-8-9-10-11-12-13-14-15-16-17-18(19)20;1-2-6-4-3-5-1/h9-10H,2-8,11-17H2,1H3;1-4H2/b10-9-;. The van der Waals surface area contributed by atoms with Crippen molar-refractivity contribution < 1.29 is 14.3 Å². The molecule has 154 valence electrons. The van der Waals surface area contributed by atoms with E-state index in [-0.39, 0.29) is 5.24 Å². The van der Waals surface area contributed by atoms with E-state index in [4.69, 9.17) is 21.1 Å². The summed E-state index contributed by atoms with van der Waals surface area (Å²) in [5.41, 5.74) is 0. The highest BCUT2D eigenvalue weighted by Crippen LogP contribution is 2.10. The Labute approximate surface area is 166 Å². The van der Waals surface area contributed by atoms with Crippen molar-refractivity contribution in [1.82, 2.24) is 0 Å². The quantitative estimate of drug-likeness (QED) is 0.175. The van der Waals surface area contributed by atoms with Crippen LogP contribution in [0.3, 0.4) is 0 Å². The largest absolute Gasteiger partial charge is 0.377 e. The van der Waals surface area contributed by atoms with E-state index >= 15 is 0 Å². The summed E-state index contributed by atoms with van der Waals surface area (Å²) in [6, 6.07) is 0. The molecule has 4 heteroatoms. The number of carbonyl (C=O) groups is 1. The van der Waals surface area contributed by atoms with Gasteiger partial charge in [-0.3, -0.25) is 4.79 Å². The molecular formula is C22H41ClO3. The van der Waals surface area contributed by atoms with Gasteiger partial charge in [0.25, 0.3) is 0 Å². The lowest BCUT2D eigenvalue weighted by molar-refractivity contribution is -0.111. The van der Waals surface area contributed by atoms with Gasteiger partial charge in [-0.05, 0) is 43.7 Å². The Bertz CT molecular complexity index is 303. The lowest BCUT2D eigenvalue weighted by Gasteiger charge is -2.09. The molecule has 1 aliphatic heterocycles. The molecule has 0 amide bonds. The Hall–Kier alpha value is -0.380. The monoisotopic (exact) mass is 388 g/mol. The summed E-state index contributed by atoms with van der Waals surface area (Å²) in [6.07, 6.45) is 21.9. The average Bonchev–Trinajstić information content (AvgIpc) is 2.66. The molecule has 0 aromatic rings. The number of ether oxygens (including phenoxy) is 2. The lowest BCUT2D eigenvalue weighted by atomic mass is 10.1. The maximum absolute atomic E-state index is 10.5. The minimum atomic E-state index is -0.192. The van der Waals surface area contributed by atoms with Crippen molar-refractivity contribution in [3.8, 4) is 0 Å². The van der Waals surface area contributed by atoms with Crippen LogP contribution in [0.15, 0.2) is 12.2 Å². The molecule has 0 radical (unpaired) electrons. The number of hydrogen-bond donors (Lipinski definition) is 0. The van der Waals surface area contributed by atoms with Crippen molar-refractivity contribution in [3.63, 3.8) is 0 Å². The van der Waals surface area contributed by atoms with Gasteiger partial charge in [0.2, 0.25) is 5.24 Å². The first-order chi connectivity index (χ1) is 12.8. The van der Waals surface area contributed by atoms with Gasteiger partial charge in [-0.2, -0.15) is 0 Å². The van der Waals surface area contributed by atoms with Gasteiger partial charge >= 0.3 is 0 Å². The maximum atomic E-state index is 10.5. The first-order valence-corrected chi connectivity index (χ1v) is 11.1. The Morgan fingerprint density at radius 1 is 0.731 bits per heavy atom. The first kappa shape index (κ1) is 25.6. The van der Waals surface area contributed by atoms with Crippen molar-refractivity contribution in [3.05, 3.63) is 12.2 Å². The Morgan fingerprint density at radius 3 is 1.58 bits per heavy atom. The number of allylic oxidation sites excluding steroid dienone is 2. The Balaban J connectivity index is 0.000000867. The van der Waals surface area contributed by atoms with Crippen LogP contribution in [0, 0.1) is 0 Å². The van der Waals surface area contributed by atoms with Crippen LogP contribution in [-0.2, 0) is 14.3 Å². The minimum Gasteiger partial charge on any atom is -0.377 e. The third-order valence-corrected chi connectivity index (χ3v) is 4.57. The molecule has 3 nitrogen and oxygen atoms in total. The third-order valence-electron chi connectivity index (χ3n) is 4.38. The van der Waals surface area contributed by atoms with Crippen molar-refractivity contribution >= 4 is 16.8 Å². The molecule has 0 atom stereocenters. The van der Waals surface area contributed by atoms with Crippen LogP contribution >= 0.6 is 11.6 Å². The fraction of sp³-hybridized carbons (Fsp3) is 0.864. The molecule has 1 fully saturated rings. The molecule has 0 saturated carbocycles. The van der Waals surface area contributed by atoms with Crippen LogP contribution in [0.25, 0.3) is 0 Å². The zero-order chi connectivity index (χ0) is 19.1. The minimum absolute atomic E-state index is 0.192. The van der Waals surface area contributed by atoms with E-state index in [1.165, 1.54) is 70.6 Å². The molecule has 26 heavy (non-hydrogen) atoms. The highest BCUT2D eigenvalue weighted by Gasteiger charge is 1.95. The fourth-order valence-electron chi connectivity index (χ4n) is 2.77. The lowest BCUT2D eigenvalue weighted by Crippen LogP contribution is -2.16. The van der Waals surface area contributed by atoms with Gasteiger partial charge in [0, 0.05) is 6.42 Å². The van der Waals surface area contributed by atoms with E-state index in [9.17, 15) is 4.79 Å². The van der Waals surface area contributed by atoms with Gasteiger partial charge in [0.15, 0.2) is 0 Å². The van der Waals surface area contributed by atoms with Gasteiger partial charge in [-0.15, -0.1) is 0 Å². The van der Waals surface area contributed by atoms with Gasteiger partial charge in [0.05, 0.1) is 26.4 Å². The summed E-state index contributed by atoms with van der Waals surface area (Å²) in [5.74, 6) is 0. The van der Waals surface area contributed by atoms with Gasteiger partial charge in [0.1, 0.15) is 0 Å². The number of hydrogen-bond acceptors (Lipinski definition) is 3. The van der Waals surface area contributed by atoms with E-state index in [1.807, 2.05) is 0 Å². The smallest absolute Gasteiger partial charge is 0.221 e. The SMILES string of the molecule is C1COCCO1.CCCCCCCC/C=C\CCCCCCCC(=O)Cl. The van der Waals surface area contributed by atoms with Crippen LogP contribution in [0.5, 0.6) is 0 Å². The third kappa shape index (κ3) is 23.6. The predicted molar refractivity (Wildman–Crippen MR) is 112 cm³/mol. The molecule has 1 rings (SSSR count). The second-order valence-electron chi connectivity index (χ2n) is 6.91. The van der Waals surface area contributed by atoms with Crippen molar-refractivity contribution in [1.29, 1.82) is 0 Å². The summed E-state index contributed by atoms with van der Waals surface area (Å²) in [4.78, 5) is 10.5. The maximum Gasteiger partial charge on any atom is 0.221 e. The molecule has 1 heterocycles. The average molecular weight is 389 g/mol. The van der Waals surface area contributed by atoms with E-state index in [1.54, 1.807) is 0 Å². The molecule has 0 spiro atoms. The zero-order valence-electron chi connectivity index (χ0n) is 17.0. The summed E-state index contributed by atoms with van der Waals surface area (Å²) in [7, 11) is 0. The van der Waals surface area contributed by atoms with Gasteiger partial charge in [-0.25, -0.2) is 0 Å². The van der Waals surface area contributed by atoms with Crippen LogP contribution in [-0.4, -0.2) is 31.7 Å². The molecule has 0 bridgehead atoms. The summed E-state index contributed by atoms with van der Waals surface area (Å²) in [6.45, 7) is 5.38. The summed E-state index contributed by atoms with van der Waals surface area (Å²) < 4.78 is 9.89. The second-order valence-corrected chi connectivity index (χ2v) is 7.34. The highest BCUT2D eigenvalue weighted by molar-refractivity contribution is 6.63. The topological polar surface area (TPSA) is 35.5 Å². The Morgan fingerprint density at radius 2 is 1.15 bits per heavy atom. The van der Waals surface area contributed by atoms with Crippen LogP contribution in [0.2, 0.25) is 0 Å². The molecule has 0 aliphatic carbocycles. The van der Waals surface area contributed by atoms with E-state index in [2.05, 4.69) is 19.1 Å². The van der Waals surface area contributed by atoms with Gasteiger partial charge in [-0.1, -0.05) is 70.4 Å². The predicted octanol–water partition coefficient (Wildman–Crippen LogP) is 6.82. The van der Waals surface area contributed by atoms with Crippen molar-refractivity contribution in [2.45, 2.75) is 96.8 Å². The molecule has 0 aromatic carbocycles. The highest BCUT2D eigenvalue weighted by atomic mass is 35.5. The van der Waals surface area contributed by atoms with E-state index < -0.39 is 0 Å². The van der Waals surface area contributed by atoms with Crippen LogP contribution < -0.4 is 0 Å². The molecule has 1 aliphatic rings. The molecule has 0 unspecified atom stereocenters. The first-order valence-electron chi connectivity index (χ1n) is 10.8. The van der Waals surface area contributed by atoms with Crippen molar-refractivity contribution in [2.24, 2.45) is 0 Å². The Kier molecular flexibility index (Phi) is 22.3. The normalized spacial score (nSPS) is 14.2. The summed E-state index contributed by atoms with van der Waals surface area (Å²) >= 11 is 5.29. The molecular weight excluding hydrogens is 348 g/mol. The number of halogens is 1. The molecule has 1 saturated heterocycles. The van der Waals surface area contributed by atoms with Crippen molar-refractivity contribution in [2.75, 3.05) is 26.4 Å². The number of carbonyl (C=O) groups excluding carboxylic acids is 1. The van der Waals surface area contributed by atoms with Crippen LogP contribution in [0.4, 0.5) is 0 Å². The number of unbranched alkanes of at least 4 members (excludes halogenated alkanes) is 11. The number of rotatable bonds is 15. The van der Waals surface area contributed by atoms with E-state index in [0.29, 0.717) is 6.42 Å². The van der Waals surface area contributed by atoms with E-state index in [0.717, 1.165) is 39.3 Å². The zero-order valence-corrected chi connectivity index (χ0v) is 17.7. The van der Waals surface area contributed by atoms with Gasteiger partial charge < -0.3 is 9.47 Å². The van der Waals surface area contributed by atoms with Crippen LogP contribution in [0.1, 0.15) is 96.8 Å². The molecule has 0 aromatic heterocycles.